The third-order valence-corrected chi connectivity index (χ3v) is 5.61. The lowest BCUT2D eigenvalue weighted by atomic mass is 10.0. The van der Waals surface area contributed by atoms with Gasteiger partial charge in [0.1, 0.15) is 5.82 Å². The van der Waals surface area contributed by atoms with Crippen LogP contribution in [0.5, 0.6) is 0 Å². The van der Waals surface area contributed by atoms with E-state index in [1.165, 1.54) is 19.3 Å². The van der Waals surface area contributed by atoms with E-state index in [1.54, 1.807) is 6.20 Å². The van der Waals surface area contributed by atoms with Crippen LogP contribution in [0.4, 0.5) is 0 Å². The maximum absolute atomic E-state index is 6.05. The number of fused-ring (bicyclic) bond motifs is 6. The Balaban J connectivity index is 1.63. The van der Waals surface area contributed by atoms with Crippen molar-refractivity contribution in [3.63, 3.8) is 0 Å². The normalized spacial score (nSPS) is 40.4. The molecule has 0 N–H and O–H groups in total. The molecule has 5 rings (SSSR count). The Morgan fingerprint density at radius 2 is 1.94 bits per heavy atom. The van der Waals surface area contributed by atoms with Crippen LogP contribution in [0.1, 0.15) is 31.0 Å². The Hall–Kier alpha value is -1.16. The smallest absolute Gasteiger partial charge is 0.198 e. The molecule has 4 atom stereocenters. The van der Waals surface area contributed by atoms with Crippen molar-refractivity contribution in [2.75, 3.05) is 0 Å². The van der Waals surface area contributed by atoms with E-state index in [2.05, 4.69) is 15.2 Å². The third-order valence-electron chi connectivity index (χ3n) is 5.34. The van der Waals surface area contributed by atoms with Crippen LogP contribution in [0.3, 0.4) is 0 Å². The molecule has 3 fully saturated rings. The first-order valence-corrected chi connectivity index (χ1v) is 7.07. The molecule has 2 aromatic rings. The minimum Gasteiger partial charge on any atom is -0.282 e. The molecule has 4 unspecified atom stereocenters. The summed E-state index contributed by atoms with van der Waals surface area (Å²) in [6, 6.07) is 0. The summed E-state index contributed by atoms with van der Waals surface area (Å²) in [5.74, 6) is 5.40. The van der Waals surface area contributed by atoms with E-state index in [-0.39, 0.29) is 0 Å². The molecule has 92 valence electrons. The van der Waals surface area contributed by atoms with Crippen molar-refractivity contribution in [3.8, 4) is 0 Å². The molecular formula is C13H13ClN4. The van der Waals surface area contributed by atoms with Gasteiger partial charge in [0, 0.05) is 18.3 Å². The maximum atomic E-state index is 6.05. The minimum atomic E-state index is 0.449. The summed E-state index contributed by atoms with van der Waals surface area (Å²) in [4.78, 5) is 4.06. The van der Waals surface area contributed by atoms with Crippen molar-refractivity contribution in [1.29, 1.82) is 0 Å². The molecule has 0 saturated heterocycles. The average Bonchev–Trinajstić information content (AvgIpc) is 2.78. The monoisotopic (exact) mass is 260 g/mol. The van der Waals surface area contributed by atoms with Gasteiger partial charge in [-0.2, -0.15) is 0 Å². The molecule has 3 saturated carbocycles. The van der Waals surface area contributed by atoms with E-state index in [0.717, 1.165) is 29.5 Å². The Morgan fingerprint density at radius 1 is 1.17 bits per heavy atom. The number of hydrogen-bond acceptors (Lipinski definition) is 3. The molecule has 3 aliphatic rings. The van der Waals surface area contributed by atoms with E-state index >= 15 is 0 Å². The zero-order chi connectivity index (χ0) is 11.9. The lowest BCUT2D eigenvalue weighted by molar-refractivity contribution is 0.456. The van der Waals surface area contributed by atoms with Crippen molar-refractivity contribution in [3.05, 3.63) is 23.4 Å². The Labute approximate surface area is 109 Å². The predicted molar refractivity (Wildman–Crippen MR) is 66.3 cm³/mol. The molecule has 0 aliphatic heterocycles. The molecule has 3 aliphatic carbocycles. The summed E-state index contributed by atoms with van der Waals surface area (Å²) >= 11 is 6.05. The fourth-order valence-corrected chi connectivity index (χ4v) is 4.90. The van der Waals surface area contributed by atoms with Crippen LogP contribution in [-0.2, 0) is 0 Å². The van der Waals surface area contributed by atoms with Gasteiger partial charge in [-0.15, -0.1) is 10.2 Å². The highest BCUT2D eigenvalue weighted by Gasteiger charge is 2.66. The topological polar surface area (TPSA) is 43.1 Å². The molecule has 0 radical (unpaired) electrons. The lowest BCUT2D eigenvalue weighted by Gasteiger charge is -2.06. The third kappa shape index (κ3) is 1.02. The first-order chi connectivity index (χ1) is 8.84. The summed E-state index contributed by atoms with van der Waals surface area (Å²) in [7, 11) is 0. The van der Waals surface area contributed by atoms with Gasteiger partial charge in [-0.3, -0.25) is 4.40 Å². The quantitative estimate of drug-likeness (QED) is 0.791. The lowest BCUT2D eigenvalue weighted by Crippen LogP contribution is -2.02. The van der Waals surface area contributed by atoms with E-state index in [4.69, 9.17) is 11.6 Å². The van der Waals surface area contributed by atoms with Crippen molar-refractivity contribution in [1.82, 2.24) is 19.6 Å². The summed E-state index contributed by atoms with van der Waals surface area (Å²) in [6.45, 7) is 0. The average molecular weight is 261 g/mol. The van der Waals surface area contributed by atoms with E-state index in [0.29, 0.717) is 16.7 Å². The highest BCUT2D eigenvalue weighted by Crippen LogP contribution is 2.72. The maximum Gasteiger partial charge on any atom is 0.198 e. The number of hydrogen-bond donors (Lipinski definition) is 0. The van der Waals surface area contributed by atoms with Crippen LogP contribution in [0.2, 0.25) is 5.15 Å². The Morgan fingerprint density at radius 3 is 2.72 bits per heavy atom. The highest BCUT2D eigenvalue weighted by atomic mass is 35.5. The minimum absolute atomic E-state index is 0.449. The van der Waals surface area contributed by atoms with Crippen LogP contribution in [0, 0.1) is 23.7 Å². The van der Waals surface area contributed by atoms with Gasteiger partial charge in [-0.25, -0.2) is 4.98 Å². The summed E-state index contributed by atoms with van der Waals surface area (Å²) in [5.41, 5.74) is 0.700. The molecule has 5 heteroatoms. The second-order valence-corrected chi connectivity index (χ2v) is 6.34. The van der Waals surface area contributed by atoms with Gasteiger partial charge in [0.25, 0.3) is 0 Å². The second-order valence-electron chi connectivity index (χ2n) is 5.98. The Kier molecular flexibility index (Phi) is 1.65. The first-order valence-electron chi connectivity index (χ1n) is 6.70. The molecule has 0 aromatic carbocycles. The van der Waals surface area contributed by atoms with E-state index in [1.807, 2.05) is 10.6 Å². The first kappa shape index (κ1) is 9.73. The van der Waals surface area contributed by atoms with Crippen LogP contribution in [0.25, 0.3) is 5.65 Å². The zero-order valence-corrected chi connectivity index (χ0v) is 10.6. The number of aromatic nitrogens is 4. The second kappa shape index (κ2) is 3.05. The summed E-state index contributed by atoms with van der Waals surface area (Å²) in [5, 5.41) is 9.03. The Bertz CT molecular complexity index is 635. The van der Waals surface area contributed by atoms with Crippen LogP contribution in [-0.4, -0.2) is 19.6 Å². The van der Waals surface area contributed by atoms with Crippen molar-refractivity contribution in [2.45, 2.75) is 25.2 Å². The standard InChI is InChI=1S/C13H13ClN4/c14-11-13-17-16-12(18(13)4-3-15-11)10-8-6-1-2-7(5-6)9(8)10/h3-4,6-10H,1-2,5H2. The highest BCUT2D eigenvalue weighted by molar-refractivity contribution is 6.32. The largest absolute Gasteiger partial charge is 0.282 e. The van der Waals surface area contributed by atoms with E-state index < -0.39 is 0 Å². The van der Waals surface area contributed by atoms with Gasteiger partial charge in [0.2, 0.25) is 0 Å². The molecule has 18 heavy (non-hydrogen) atoms. The summed E-state index contributed by atoms with van der Waals surface area (Å²) < 4.78 is 2.04. The predicted octanol–water partition coefficient (Wildman–Crippen LogP) is 2.54. The van der Waals surface area contributed by atoms with Gasteiger partial charge in [0.05, 0.1) is 0 Å². The van der Waals surface area contributed by atoms with Gasteiger partial charge < -0.3 is 0 Å². The molecule has 2 aromatic heterocycles. The number of nitrogens with zero attached hydrogens (tertiary/aromatic N) is 4. The SMILES string of the molecule is Clc1nccn2c(C3C4C5CCC(C5)C34)nnc12. The summed E-state index contributed by atoms with van der Waals surface area (Å²) in [6.07, 6.45) is 8.00. The fraction of sp³-hybridized carbons (Fsp3) is 0.615. The molecule has 0 spiro atoms. The zero-order valence-electron chi connectivity index (χ0n) is 9.83. The van der Waals surface area contributed by atoms with Crippen LogP contribution < -0.4 is 0 Å². The molecule has 2 heterocycles. The van der Waals surface area contributed by atoms with Crippen molar-refractivity contribution < 1.29 is 0 Å². The molecule has 0 amide bonds. The van der Waals surface area contributed by atoms with Crippen molar-refractivity contribution in [2.24, 2.45) is 23.7 Å². The number of rotatable bonds is 1. The van der Waals surface area contributed by atoms with Gasteiger partial charge in [0.15, 0.2) is 10.8 Å². The van der Waals surface area contributed by atoms with Crippen LogP contribution in [0.15, 0.2) is 12.4 Å². The fourth-order valence-electron chi connectivity index (χ4n) is 4.71. The molecular weight excluding hydrogens is 248 g/mol. The molecule has 2 bridgehead atoms. The van der Waals surface area contributed by atoms with Crippen molar-refractivity contribution >= 4 is 17.2 Å². The molecule has 4 nitrogen and oxygen atoms in total. The van der Waals surface area contributed by atoms with Gasteiger partial charge in [-0.1, -0.05) is 11.6 Å². The van der Waals surface area contributed by atoms with Gasteiger partial charge >= 0.3 is 0 Å². The van der Waals surface area contributed by atoms with Crippen LogP contribution >= 0.6 is 11.6 Å². The van der Waals surface area contributed by atoms with E-state index in [9.17, 15) is 0 Å². The number of halogens is 1. The van der Waals surface area contributed by atoms with Gasteiger partial charge in [-0.05, 0) is 42.9 Å².